The molecule has 0 unspecified atom stereocenters. The van der Waals surface area contributed by atoms with Crippen molar-refractivity contribution in [2.45, 2.75) is 33.1 Å². The van der Waals surface area contributed by atoms with Gasteiger partial charge in [0.05, 0.1) is 25.9 Å². The number of rotatable bonds is 8. The van der Waals surface area contributed by atoms with Gasteiger partial charge in [-0.1, -0.05) is 58.0 Å². The molecular weight excluding hydrogens is 366 g/mol. The number of anilines is 2. The van der Waals surface area contributed by atoms with Gasteiger partial charge in [0, 0.05) is 5.69 Å². The number of likely N-dealkylation sites (N-methyl/N-ethyl adjacent to an activating group) is 1. The Hall–Kier alpha value is -2.86. The zero-order valence-electron chi connectivity index (χ0n) is 17.9. The van der Waals surface area contributed by atoms with Crippen molar-refractivity contribution in [1.82, 2.24) is 4.90 Å². The molecule has 0 aliphatic rings. The molecule has 2 N–H and O–H groups in total. The van der Waals surface area contributed by atoms with Gasteiger partial charge in [-0.05, 0) is 35.7 Å². The van der Waals surface area contributed by atoms with E-state index < -0.39 is 0 Å². The number of para-hydroxylation sites is 3. The summed E-state index contributed by atoms with van der Waals surface area (Å²) in [7, 11) is 1.56. The van der Waals surface area contributed by atoms with Gasteiger partial charge in [0.25, 0.3) is 0 Å². The second kappa shape index (κ2) is 10.1. The molecule has 156 valence electrons. The van der Waals surface area contributed by atoms with Gasteiger partial charge in [-0.2, -0.15) is 0 Å². The molecule has 2 aromatic rings. The fourth-order valence-electron chi connectivity index (χ4n) is 3.06. The summed E-state index contributed by atoms with van der Waals surface area (Å²) in [5.74, 6) is 0.258. The number of ether oxygens (including phenoxy) is 1. The van der Waals surface area contributed by atoms with Crippen molar-refractivity contribution >= 4 is 23.2 Å². The molecule has 0 atom stereocenters. The van der Waals surface area contributed by atoms with Crippen LogP contribution in [-0.2, 0) is 15.0 Å². The molecule has 0 radical (unpaired) electrons. The third-order valence-electron chi connectivity index (χ3n) is 4.57. The first kappa shape index (κ1) is 22.4. The van der Waals surface area contributed by atoms with Crippen LogP contribution in [0.25, 0.3) is 0 Å². The van der Waals surface area contributed by atoms with Crippen LogP contribution in [0.15, 0.2) is 48.5 Å². The van der Waals surface area contributed by atoms with Crippen LogP contribution < -0.4 is 15.4 Å². The van der Waals surface area contributed by atoms with E-state index in [1.807, 2.05) is 43.3 Å². The average Bonchev–Trinajstić information content (AvgIpc) is 2.67. The zero-order chi connectivity index (χ0) is 21.4. The molecule has 2 aromatic carbocycles. The number of benzene rings is 2. The molecule has 2 rings (SSSR count). The van der Waals surface area contributed by atoms with Crippen LogP contribution in [0, 0.1) is 0 Å². The van der Waals surface area contributed by atoms with Crippen molar-refractivity contribution in [3.8, 4) is 5.75 Å². The van der Waals surface area contributed by atoms with Crippen LogP contribution in [0.5, 0.6) is 5.75 Å². The number of nitrogens with one attached hydrogen (secondary N) is 2. The smallest absolute Gasteiger partial charge is 0.238 e. The third-order valence-corrected chi connectivity index (χ3v) is 4.57. The topological polar surface area (TPSA) is 70.7 Å². The fourth-order valence-corrected chi connectivity index (χ4v) is 3.06. The van der Waals surface area contributed by atoms with E-state index in [1.165, 1.54) is 0 Å². The summed E-state index contributed by atoms with van der Waals surface area (Å²) in [5.41, 5.74) is 2.41. The molecule has 0 saturated heterocycles. The maximum Gasteiger partial charge on any atom is 0.238 e. The predicted octanol–water partition coefficient (Wildman–Crippen LogP) is 3.89. The molecule has 0 saturated carbocycles. The number of methoxy groups -OCH3 is 1. The Bertz CT molecular complexity index is 843. The third kappa shape index (κ3) is 6.61. The first-order valence-corrected chi connectivity index (χ1v) is 9.79. The Morgan fingerprint density at radius 1 is 0.897 bits per heavy atom. The quantitative estimate of drug-likeness (QED) is 0.709. The second-order valence-corrected chi connectivity index (χ2v) is 7.90. The Labute approximate surface area is 173 Å². The number of hydrogen-bond acceptors (Lipinski definition) is 4. The molecule has 6 nitrogen and oxygen atoms in total. The van der Waals surface area contributed by atoms with E-state index in [0.717, 1.165) is 11.3 Å². The minimum atomic E-state index is -0.195. The molecule has 2 amide bonds. The van der Waals surface area contributed by atoms with Crippen LogP contribution in [0.4, 0.5) is 11.4 Å². The normalized spacial score (nSPS) is 11.2. The Morgan fingerprint density at radius 2 is 1.41 bits per heavy atom. The van der Waals surface area contributed by atoms with Gasteiger partial charge in [0.2, 0.25) is 11.8 Å². The standard InChI is InChI=1S/C23H31N3O3/c1-6-26(16-22(28)25-19-13-9-10-14-20(19)29-5)15-21(27)24-18-12-8-7-11-17(18)23(2,3)4/h7-14H,6,15-16H2,1-5H3,(H,24,27)(H,25,28). The fraction of sp³-hybridized carbons (Fsp3) is 0.391. The molecule has 0 fully saturated rings. The van der Waals surface area contributed by atoms with Crippen molar-refractivity contribution in [2.75, 3.05) is 37.4 Å². The van der Waals surface area contributed by atoms with Gasteiger partial charge in [-0.3, -0.25) is 14.5 Å². The second-order valence-electron chi connectivity index (χ2n) is 7.90. The molecule has 0 bridgehead atoms. The highest BCUT2D eigenvalue weighted by molar-refractivity contribution is 5.95. The summed E-state index contributed by atoms with van der Waals surface area (Å²) in [6.07, 6.45) is 0. The summed E-state index contributed by atoms with van der Waals surface area (Å²) < 4.78 is 5.25. The van der Waals surface area contributed by atoms with Gasteiger partial charge >= 0.3 is 0 Å². The van der Waals surface area contributed by atoms with E-state index in [9.17, 15) is 9.59 Å². The van der Waals surface area contributed by atoms with Crippen LogP contribution in [0.3, 0.4) is 0 Å². The Kier molecular flexibility index (Phi) is 7.79. The minimum absolute atomic E-state index is 0.0804. The summed E-state index contributed by atoms with van der Waals surface area (Å²) in [4.78, 5) is 26.8. The zero-order valence-corrected chi connectivity index (χ0v) is 17.9. The van der Waals surface area contributed by atoms with Crippen molar-refractivity contribution in [1.29, 1.82) is 0 Å². The van der Waals surface area contributed by atoms with E-state index >= 15 is 0 Å². The van der Waals surface area contributed by atoms with E-state index in [2.05, 4.69) is 31.4 Å². The average molecular weight is 398 g/mol. The first-order valence-electron chi connectivity index (χ1n) is 9.79. The lowest BCUT2D eigenvalue weighted by atomic mass is 9.86. The Balaban J connectivity index is 1.98. The van der Waals surface area contributed by atoms with Crippen molar-refractivity contribution in [3.63, 3.8) is 0 Å². The Morgan fingerprint density at radius 3 is 1.97 bits per heavy atom. The van der Waals surface area contributed by atoms with E-state index in [-0.39, 0.29) is 30.3 Å². The lowest BCUT2D eigenvalue weighted by Crippen LogP contribution is -2.39. The highest BCUT2D eigenvalue weighted by Gasteiger charge is 2.20. The van der Waals surface area contributed by atoms with Crippen LogP contribution in [0.1, 0.15) is 33.3 Å². The molecular formula is C23H31N3O3. The lowest BCUT2D eigenvalue weighted by molar-refractivity contribution is -0.119. The highest BCUT2D eigenvalue weighted by atomic mass is 16.5. The van der Waals surface area contributed by atoms with Gasteiger partial charge in [0.1, 0.15) is 5.75 Å². The SMILES string of the molecule is CCN(CC(=O)Nc1ccccc1OC)CC(=O)Nc1ccccc1C(C)(C)C. The molecule has 0 aliphatic carbocycles. The number of hydrogen-bond donors (Lipinski definition) is 2. The first-order chi connectivity index (χ1) is 13.7. The van der Waals surface area contributed by atoms with Crippen molar-refractivity contribution in [2.24, 2.45) is 0 Å². The van der Waals surface area contributed by atoms with E-state index in [1.54, 1.807) is 24.1 Å². The number of amides is 2. The number of carbonyl (C=O) groups excluding carboxylic acids is 2. The summed E-state index contributed by atoms with van der Waals surface area (Å²) in [6.45, 7) is 9.08. The van der Waals surface area contributed by atoms with Gasteiger partial charge in [-0.25, -0.2) is 0 Å². The summed E-state index contributed by atoms with van der Waals surface area (Å²) >= 11 is 0. The molecule has 29 heavy (non-hydrogen) atoms. The van der Waals surface area contributed by atoms with Gasteiger partial charge in [-0.15, -0.1) is 0 Å². The molecule has 0 aliphatic heterocycles. The van der Waals surface area contributed by atoms with Crippen LogP contribution in [-0.4, -0.2) is 43.5 Å². The molecule has 0 aromatic heterocycles. The van der Waals surface area contributed by atoms with Crippen molar-refractivity contribution < 1.29 is 14.3 Å². The maximum absolute atomic E-state index is 12.6. The minimum Gasteiger partial charge on any atom is -0.495 e. The highest BCUT2D eigenvalue weighted by Crippen LogP contribution is 2.29. The maximum atomic E-state index is 12.6. The lowest BCUT2D eigenvalue weighted by Gasteiger charge is -2.24. The van der Waals surface area contributed by atoms with E-state index in [0.29, 0.717) is 18.0 Å². The van der Waals surface area contributed by atoms with Gasteiger partial charge in [0.15, 0.2) is 0 Å². The summed E-state index contributed by atoms with van der Waals surface area (Å²) in [6, 6.07) is 15.0. The number of nitrogens with zero attached hydrogens (tertiary/aromatic N) is 1. The number of carbonyl (C=O) groups is 2. The monoisotopic (exact) mass is 397 g/mol. The van der Waals surface area contributed by atoms with E-state index in [4.69, 9.17) is 4.74 Å². The van der Waals surface area contributed by atoms with Crippen LogP contribution in [0.2, 0.25) is 0 Å². The molecule has 6 heteroatoms. The summed E-state index contributed by atoms with van der Waals surface area (Å²) in [5, 5.41) is 5.83. The molecule has 0 heterocycles. The predicted molar refractivity (Wildman–Crippen MR) is 118 cm³/mol. The van der Waals surface area contributed by atoms with Crippen molar-refractivity contribution in [3.05, 3.63) is 54.1 Å². The molecule has 0 spiro atoms. The largest absolute Gasteiger partial charge is 0.495 e. The van der Waals surface area contributed by atoms with Gasteiger partial charge < -0.3 is 15.4 Å². The van der Waals surface area contributed by atoms with Crippen LogP contribution >= 0.6 is 0 Å².